The van der Waals surface area contributed by atoms with E-state index < -0.39 is 17.7 Å². The van der Waals surface area contributed by atoms with E-state index in [0.717, 1.165) is 18.6 Å². The van der Waals surface area contributed by atoms with E-state index >= 15 is 0 Å². The molecule has 1 unspecified atom stereocenters. The Hall–Kier alpha value is -1.78. The lowest BCUT2D eigenvalue weighted by atomic mass is 10.1. The molecule has 0 heterocycles. The first-order valence-electron chi connectivity index (χ1n) is 6.96. The summed E-state index contributed by atoms with van der Waals surface area (Å²) in [6.45, 7) is 2.78. The summed E-state index contributed by atoms with van der Waals surface area (Å²) in [5.74, 6) is -1.44. The third-order valence-electron chi connectivity index (χ3n) is 3.34. The van der Waals surface area contributed by atoms with Crippen LogP contribution < -0.4 is 5.32 Å². The van der Waals surface area contributed by atoms with Crippen LogP contribution in [0.2, 0.25) is 0 Å². The number of aliphatic hydroxyl groups is 1. The van der Waals surface area contributed by atoms with Crippen molar-refractivity contribution in [1.29, 1.82) is 0 Å². The van der Waals surface area contributed by atoms with Crippen LogP contribution in [0.3, 0.4) is 0 Å². The monoisotopic (exact) mass is 291 g/mol. The average molecular weight is 291 g/mol. The molecule has 2 nitrogen and oxygen atoms in total. The summed E-state index contributed by atoms with van der Waals surface area (Å²) < 4.78 is 27.0. The normalized spacial score (nSPS) is 12.4. The van der Waals surface area contributed by atoms with Crippen LogP contribution in [-0.2, 0) is 6.42 Å². The highest BCUT2D eigenvalue weighted by Crippen LogP contribution is 2.19. The maximum absolute atomic E-state index is 13.5. The Morgan fingerprint density at radius 1 is 1.10 bits per heavy atom. The molecule has 2 aromatic carbocycles. The van der Waals surface area contributed by atoms with Crippen molar-refractivity contribution in [2.45, 2.75) is 19.4 Å². The highest BCUT2D eigenvalue weighted by atomic mass is 19.1. The van der Waals surface area contributed by atoms with Crippen molar-refractivity contribution in [3.8, 4) is 0 Å². The average Bonchev–Trinajstić information content (AvgIpc) is 2.43. The molecular weight excluding hydrogens is 272 g/mol. The lowest BCUT2D eigenvalue weighted by Gasteiger charge is -2.14. The Bertz CT molecular complexity index is 581. The zero-order valence-electron chi connectivity index (χ0n) is 11.9. The van der Waals surface area contributed by atoms with E-state index in [1.54, 1.807) is 0 Å². The van der Waals surface area contributed by atoms with Gasteiger partial charge in [0, 0.05) is 6.54 Å². The Morgan fingerprint density at radius 3 is 2.43 bits per heavy atom. The van der Waals surface area contributed by atoms with Crippen molar-refractivity contribution in [1.82, 2.24) is 5.32 Å². The van der Waals surface area contributed by atoms with Gasteiger partial charge in [-0.25, -0.2) is 8.78 Å². The first-order valence-corrected chi connectivity index (χ1v) is 6.96. The van der Waals surface area contributed by atoms with Gasteiger partial charge in [0.1, 0.15) is 11.6 Å². The lowest BCUT2D eigenvalue weighted by molar-refractivity contribution is 0.165. The summed E-state index contributed by atoms with van der Waals surface area (Å²) in [6.07, 6.45) is -0.391. The van der Waals surface area contributed by atoms with Gasteiger partial charge in [-0.05, 0) is 37.6 Å². The molecule has 2 aromatic rings. The van der Waals surface area contributed by atoms with E-state index in [-0.39, 0.29) is 12.1 Å². The molecule has 112 valence electrons. The molecule has 0 saturated heterocycles. The molecule has 0 amide bonds. The number of hydrogen-bond donors (Lipinski definition) is 2. The van der Waals surface area contributed by atoms with Crippen LogP contribution in [0.5, 0.6) is 0 Å². The fourth-order valence-corrected chi connectivity index (χ4v) is 2.27. The molecule has 4 heteroatoms. The largest absolute Gasteiger partial charge is 0.387 e. The van der Waals surface area contributed by atoms with E-state index in [1.807, 2.05) is 25.1 Å². The number of nitrogens with one attached hydrogen (secondary N) is 1. The molecule has 0 bridgehead atoms. The first-order chi connectivity index (χ1) is 10.1. The third-order valence-corrected chi connectivity index (χ3v) is 3.34. The molecule has 0 fully saturated rings. The van der Waals surface area contributed by atoms with Gasteiger partial charge < -0.3 is 10.4 Å². The van der Waals surface area contributed by atoms with Gasteiger partial charge in [0.25, 0.3) is 0 Å². The van der Waals surface area contributed by atoms with Crippen LogP contribution in [0.4, 0.5) is 8.78 Å². The molecule has 0 aliphatic carbocycles. The minimum atomic E-state index is -1.19. The van der Waals surface area contributed by atoms with Gasteiger partial charge in [-0.3, -0.25) is 0 Å². The summed E-state index contributed by atoms with van der Waals surface area (Å²) in [5.41, 5.74) is 2.11. The minimum Gasteiger partial charge on any atom is -0.387 e. The quantitative estimate of drug-likeness (QED) is 0.801. The molecule has 1 atom stereocenters. The van der Waals surface area contributed by atoms with Gasteiger partial charge in [0.15, 0.2) is 0 Å². The molecule has 0 aliphatic heterocycles. The molecule has 21 heavy (non-hydrogen) atoms. The molecule has 0 aliphatic rings. The zero-order valence-corrected chi connectivity index (χ0v) is 11.9. The smallest absolute Gasteiger partial charge is 0.131 e. The van der Waals surface area contributed by atoms with E-state index in [2.05, 4.69) is 11.4 Å². The van der Waals surface area contributed by atoms with Crippen LogP contribution in [0, 0.1) is 18.6 Å². The predicted octanol–water partition coefficient (Wildman–Crippen LogP) is 3.14. The summed E-state index contributed by atoms with van der Waals surface area (Å²) >= 11 is 0. The van der Waals surface area contributed by atoms with Crippen LogP contribution in [-0.4, -0.2) is 18.2 Å². The Morgan fingerprint density at radius 2 is 1.76 bits per heavy atom. The van der Waals surface area contributed by atoms with Gasteiger partial charge in [-0.2, -0.15) is 0 Å². The van der Waals surface area contributed by atoms with Crippen molar-refractivity contribution in [3.63, 3.8) is 0 Å². The van der Waals surface area contributed by atoms with Crippen LogP contribution >= 0.6 is 0 Å². The Kier molecular flexibility index (Phi) is 5.42. The summed E-state index contributed by atoms with van der Waals surface area (Å²) in [4.78, 5) is 0. The Balaban J connectivity index is 1.83. The molecule has 2 N–H and O–H groups in total. The number of rotatable bonds is 6. The summed E-state index contributed by atoms with van der Waals surface area (Å²) in [7, 11) is 0. The fraction of sp³-hybridized carbons (Fsp3) is 0.294. The number of aliphatic hydroxyl groups excluding tert-OH is 1. The van der Waals surface area contributed by atoms with Crippen molar-refractivity contribution in [2.24, 2.45) is 0 Å². The van der Waals surface area contributed by atoms with E-state index in [1.165, 1.54) is 17.2 Å². The van der Waals surface area contributed by atoms with E-state index in [0.29, 0.717) is 6.54 Å². The Labute approximate surface area is 123 Å². The predicted molar refractivity (Wildman–Crippen MR) is 79.1 cm³/mol. The minimum absolute atomic E-state index is 0.115. The molecule has 0 aromatic heterocycles. The van der Waals surface area contributed by atoms with Crippen molar-refractivity contribution >= 4 is 0 Å². The van der Waals surface area contributed by atoms with E-state index in [4.69, 9.17) is 0 Å². The molecule has 0 saturated carbocycles. The van der Waals surface area contributed by atoms with Crippen molar-refractivity contribution in [2.75, 3.05) is 13.1 Å². The maximum atomic E-state index is 13.5. The molecule has 0 spiro atoms. The molecular formula is C17H19F2NO. The van der Waals surface area contributed by atoms with Crippen molar-refractivity contribution in [3.05, 3.63) is 70.8 Å². The first kappa shape index (κ1) is 15.6. The number of hydrogen-bond acceptors (Lipinski definition) is 2. The highest BCUT2D eigenvalue weighted by molar-refractivity contribution is 5.23. The SMILES string of the molecule is Cc1cccc(CCNCC(O)c2c(F)cccc2F)c1. The topological polar surface area (TPSA) is 32.3 Å². The molecule has 2 rings (SSSR count). The van der Waals surface area contributed by atoms with Gasteiger partial charge in [-0.15, -0.1) is 0 Å². The second-order valence-corrected chi connectivity index (χ2v) is 5.09. The fourth-order valence-electron chi connectivity index (χ4n) is 2.27. The van der Waals surface area contributed by atoms with Gasteiger partial charge >= 0.3 is 0 Å². The summed E-state index contributed by atoms with van der Waals surface area (Å²) in [5, 5.41) is 12.9. The van der Waals surface area contributed by atoms with Crippen LogP contribution in [0.1, 0.15) is 22.8 Å². The number of benzene rings is 2. The second kappa shape index (κ2) is 7.29. The number of aryl methyl sites for hydroxylation is 1. The van der Waals surface area contributed by atoms with Gasteiger partial charge in [0.2, 0.25) is 0 Å². The molecule has 0 radical (unpaired) electrons. The van der Waals surface area contributed by atoms with Gasteiger partial charge in [0.05, 0.1) is 11.7 Å². The van der Waals surface area contributed by atoms with Gasteiger partial charge in [-0.1, -0.05) is 35.9 Å². The summed E-state index contributed by atoms with van der Waals surface area (Å²) in [6, 6.07) is 11.7. The third kappa shape index (κ3) is 4.34. The van der Waals surface area contributed by atoms with Crippen LogP contribution in [0.15, 0.2) is 42.5 Å². The van der Waals surface area contributed by atoms with Crippen LogP contribution in [0.25, 0.3) is 0 Å². The highest BCUT2D eigenvalue weighted by Gasteiger charge is 2.16. The van der Waals surface area contributed by atoms with Crippen molar-refractivity contribution < 1.29 is 13.9 Å². The second-order valence-electron chi connectivity index (χ2n) is 5.09. The van der Waals surface area contributed by atoms with E-state index in [9.17, 15) is 13.9 Å². The zero-order chi connectivity index (χ0) is 15.2. The standard InChI is InChI=1S/C17H19F2NO/c1-12-4-2-5-13(10-12)8-9-20-11-16(21)17-14(18)6-3-7-15(17)19/h2-7,10,16,20-21H,8-9,11H2,1H3. The maximum Gasteiger partial charge on any atom is 0.131 e. The number of halogens is 2. The lowest BCUT2D eigenvalue weighted by Crippen LogP contribution is -2.25.